The van der Waals surface area contributed by atoms with Gasteiger partial charge >= 0.3 is 5.97 Å². The Bertz CT molecular complexity index is 1170. The van der Waals surface area contributed by atoms with E-state index in [1.165, 1.54) is 4.90 Å². The highest BCUT2D eigenvalue weighted by Crippen LogP contribution is 2.40. The summed E-state index contributed by atoms with van der Waals surface area (Å²) in [5.74, 6) is -1.35. The Hall–Kier alpha value is -3.62. The van der Waals surface area contributed by atoms with E-state index in [1.807, 2.05) is 42.5 Å². The van der Waals surface area contributed by atoms with Crippen molar-refractivity contribution in [1.82, 2.24) is 4.90 Å². The Morgan fingerprint density at radius 2 is 1.55 bits per heavy atom. The summed E-state index contributed by atoms with van der Waals surface area (Å²) < 4.78 is 0. The molecule has 0 spiro atoms. The minimum absolute atomic E-state index is 0.332. The van der Waals surface area contributed by atoms with E-state index in [0.717, 1.165) is 16.7 Å². The molecule has 0 radical (unpaired) electrons. The summed E-state index contributed by atoms with van der Waals surface area (Å²) in [5, 5.41) is 19.2. The van der Waals surface area contributed by atoms with Crippen molar-refractivity contribution in [3.8, 4) is 17.2 Å². The zero-order valence-electron chi connectivity index (χ0n) is 16.5. The van der Waals surface area contributed by atoms with Gasteiger partial charge in [-0.3, -0.25) is 4.79 Å². The number of halogens is 1. The molecule has 6 heteroatoms. The van der Waals surface area contributed by atoms with Gasteiger partial charge in [-0.1, -0.05) is 54.1 Å². The van der Waals surface area contributed by atoms with E-state index in [-0.39, 0.29) is 11.9 Å². The van der Waals surface area contributed by atoms with Crippen molar-refractivity contribution in [2.45, 2.75) is 24.9 Å². The summed E-state index contributed by atoms with van der Waals surface area (Å²) in [7, 11) is 0. The lowest BCUT2D eigenvalue weighted by Gasteiger charge is -2.29. The molecule has 0 saturated carbocycles. The van der Waals surface area contributed by atoms with Gasteiger partial charge in [-0.2, -0.15) is 5.26 Å². The van der Waals surface area contributed by atoms with Gasteiger partial charge in [0.15, 0.2) is 0 Å². The third-order valence-electron chi connectivity index (χ3n) is 5.65. The molecular formula is C25H19ClN2O3. The van der Waals surface area contributed by atoms with Crippen molar-refractivity contribution in [2.24, 2.45) is 0 Å². The van der Waals surface area contributed by atoms with Gasteiger partial charge in [-0.05, 0) is 59.9 Å². The monoisotopic (exact) mass is 430 g/mol. The molecule has 154 valence electrons. The van der Waals surface area contributed by atoms with Crippen molar-refractivity contribution in [2.75, 3.05) is 0 Å². The molecule has 2 atom stereocenters. The molecule has 0 aromatic heterocycles. The molecule has 0 aliphatic carbocycles. The van der Waals surface area contributed by atoms with E-state index in [1.54, 1.807) is 30.3 Å². The van der Waals surface area contributed by atoms with Gasteiger partial charge in [0.1, 0.15) is 6.04 Å². The number of likely N-dealkylation sites (tertiary alicyclic amines) is 1. The van der Waals surface area contributed by atoms with Crippen LogP contribution in [0.15, 0.2) is 72.8 Å². The predicted octanol–water partition coefficient (Wildman–Crippen LogP) is 5.31. The first-order chi connectivity index (χ1) is 15.0. The number of amides is 1. The molecular weight excluding hydrogens is 412 g/mol. The zero-order valence-corrected chi connectivity index (χ0v) is 17.3. The number of nitrogens with zero attached hydrogens (tertiary/aromatic N) is 2. The highest BCUT2D eigenvalue weighted by molar-refractivity contribution is 6.31. The van der Waals surface area contributed by atoms with Crippen LogP contribution < -0.4 is 0 Å². The predicted molar refractivity (Wildman–Crippen MR) is 118 cm³/mol. The van der Waals surface area contributed by atoms with Crippen LogP contribution in [-0.4, -0.2) is 27.9 Å². The van der Waals surface area contributed by atoms with Crippen molar-refractivity contribution in [3.05, 3.63) is 94.5 Å². The lowest BCUT2D eigenvalue weighted by molar-refractivity contribution is -0.141. The van der Waals surface area contributed by atoms with Gasteiger partial charge in [0.05, 0.1) is 17.7 Å². The summed E-state index contributed by atoms with van der Waals surface area (Å²) in [4.78, 5) is 26.7. The second kappa shape index (κ2) is 8.63. The molecule has 1 heterocycles. The van der Waals surface area contributed by atoms with E-state index in [0.29, 0.717) is 29.0 Å². The SMILES string of the molecule is N#Cc1ccc(-c2ccc(C(=O)N3C(c4ccccc4Cl)CC[C@H]3C(=O)O)cc2)cc1. The van der Waals surface area contributed by atoms with Crippen molar-refractivity contribution in [3.63, 3.8) is 0 Å². The van der Waals surface area contributed by atoms with Gasteiger partial charge < -0.3 is 10.0 Å². The first-order valence-electron chi connectivity index (χ1n) is 9.90. The molecule has 5 nitrogen and oxygen atoms in total. The van der Waals surface area contributed by atoms with Crippen molar-refractivity contribution < 1.29 is 14.7 Å². The minimum atomic E-state index is -1.02. The van der Waals surface area contributed by atoms with Crippen molar-refractivity contribution >= 4 is 23.5 Å². The first kappa shape index (κ1) is 20.6. The first-order valence-corrected chi connectivity index (χ1v) is 10.3. The fourth-order valence-corrected chi connectivity index (χ4v) is 4.34. The van der Waals surface area contributed by atoms with Gasteiger partial charge in [-0.15, -0.1) is 0 Å². The second-order valence-corrected chi connectivity index (χ2v) is 7.85. The zero-order chi connectivity index (χ0) is 22.0. The summed E-state index contributed by atoms with van der Waals surface area (Å²) >= 11 is 6.35. The number of hydrogen-bond donors (Lipinski definition) is 1. The fraction of sp³-hybridized carbons (Fsp3) is 0.160. The van der Waals surface area contributed by atoms with Crippen LogP contribution in [0.5, 0.6) is 0 Å². The van der Waals surface area contributed by atoms with E-state index in [4.69, 9.17) is 16.9 Å². The standard InChI is InChI=1S/C25H19ClN2O3/c26-21-4-2-1-3-20(21)22-13-14-23(25(30)31)28(22)24(29)19-11-9-18(10-12-19)17-7-5-16(15-27)6-8-17/h1-12,22-23H,13-14H2,(H,30,31)/t22?,23-/m0/s1. The maximum Gasteiger partial charge on any atom is 0.326 e. The average Bonchev–Trinajstić information content (AvgIpc) is 3.24. The Balaban J connectivity index is 1.64. The lowest BCUT2D eigenvalue weighted by atomic mass is 10.0. The van der Waals surface area contributed by atoms with Gasteiger partial charge in [0.2, 0.25) is 0 Å². The van der Waals surface area contributed by atoms with Crippen LogP contribution in [0.1, 0.15) is 40.4 Å². The third kappa shape index (κ3) is 4.03. The number of aliphatic carboxylic acids is 1. The molecule has 0 bridgehead atoms. The number of rotatable bonds is 4. The highest BCUT2D eigenvalue weighted by Gasteiger charge is 2.42. The lowest BCUT2D eigenvalue weighted by Crippen LogP contribution is -2.41. The number of nitriles is 1. The van der Waals surface area contributed by atoms with Crippen LogP contribution >= 0.6 is 11.6 Å². The van der Waals surface area contributed by atoms with Crippen LogP contribution in [0.25, 0.3) is 11.1 Å². The average molecular weight is 431 g/mol. The molecule has 1 aliphatic rings. The number of carboxylic acids is 1. The molecule has 4 rings (SSSR count). The quantitative estimate of drug-likeness (QED) is 0.608. The molecule has 1 saturated heterocycles. The number of carbonyl (C=O) groups is 2. The van der Waals surface area contributed by atoms with Crippen molar-refractivity contribution in [1.29, 1.82) is 5.26 Å². The van der Waals surface area contributed by atoms with Gasteiger partial charge in [-0.25, -0.2) is 4.79 Å². The number of carboxylic acid groups (broad SMARTS) is 1. The van der Waals surface area contributed by atoms with Gasteiger partial charge in [0.25, 0.3) is 5.91 Å². The third-order valence-corrected chi connectivity index (χ3v) is 5.99. The Morgan fingerprint density at radius 1 is 0.935 bits per heavy atom. The summed E-state index contributed by atoms with van der Waals surface area (Å²) in [6.45, 7) is 0. The molecule has 3 aromatic rings. The second-order valence-electron chi connectivity index (χ2n) is 7.45. The maximum atomic E-state index is 13.4. The van der Waals surface area contributed by atoms with E-state index in [9.17, 15) is 14.7 Å². The van der Waals surface area contributed by atoms with E-state index < -0.39 is 12.0 Å². The Kier molecular flexibility index (Phi) is 5.75. The van der Waals surface area contributed by atoms with E-state index in [2.05, 4.69) is 6.07 Å². The minimum Gasteiger partial charge on any atom is -0.480 e. The number of benzene rings is 3. The molecule has 1 fully saturated rings. The molecule has 3 aromatic carbocycles. The maximum absolute atomic E-state index is 13.4. The molecule has 1 unspecified atom stereocenters. The molecule has 1 aliphatic heterocycles. The number of hydrogen-bond acceptors (Lipinski definition) is 3. The normalized spacial score (nSPS) is 17.9. The molecule has 1 N–H and O–H groups in total. The summed E-state index contributed by atoms with van der Waals surface area (Å²) in [6, 6.07) is 22.3. The van der Waals surface area contributed by atoms with Crippen LogP contribution in [0.2, 0.25) is 5.02 Å². The van der Waals surface area contributed by atoms with Crippen LogP contribution in [0.4, 0.5) is 0 Å². The van der Waals surface area contributed by atoms with Crippen LogP contribution in [-0.2, 0) is 4.79 Å². The molecule has 31 heavy (non-hydrogen) atoms. The molecule has 1 amide bonds. The smallest absolute Gasteiger partial charge is 0.326 e. The fourth-order valence-electron chi connectivity index (χ4n) is 4.08. The summed E-state index contributed by atoms with van der Waals surface area (Å²) in [6.07, 6.45) is 0.913. The summed E-state index contributed by atoms with van der Waals surface area (Å²) in [5.41, 5.74) is 3.59. The Morgan fingerprint density at radius 3 is 2.13 bits per heavy atom. The van der Waals surface area contributed by atoms with Gasteiger partial charge in [0, 0.05) is 10.6 Å². The number of carbonyl (C=O) groups excluding carboxylic acids is 1. The van der Waals surface area contributed by atoms with E-state index >= 15 is 0 Å². The largest absolute Gasteiger partial charge is 0.480 e. The highest BCUT2D eigenvalue weighted by atomic mass is 35.5. The van der Waals surface area contributed by atoms with Crippen LogP contribution in [0, 0.1) is 11.3 Å². The topological polar surface area (TPSA) is 81.4 Å². The van der Waals surface area contributed by atoms with Crippen LogP contribution in [0.3, 0.4) is 0 Å². The Labute approximate surface area is 185 Å².